The van der Waals surface area contributed by atoms with Crippen LogP contribution in [0, 0.1) is 0 Å². The van der Waals surface area contributed by atoms with Gasteiger partial charge in [0, 0.05) is 24.3 Å². The van der Waals surface area contributed by atoms with E-state index >= 15 is 0 Å². The topological polar surface area (TPSA) is 20.3 Å². The monoisotopic (exact) mass is 295 g/mol. The van der Waals surface area contributed by atoms with E-state index in [2.05, 4.69) is 47.4 Å². The van der Waals surface area contributed by atoms with E-state index in [1.807, 2.05) is 12.1 Å². The highest BCUT2D eigenvalue weighted by Gasteiger charge is 2.20. The molecule has 1 aliphatic rings. The van der Waals surface area contributed by atoms with Crippen molar-refractivity contribution in [3.8, 4) is 0 Å². The quantitative estimate of drug-likeness (QED) is 0.750. The Morgan fingerprint density at radius 3 is 2.09 bits per heavy atom. The molecule has 2 aromatic carbocycles. The summed E-state index contributed by atoms with van der Waals surface area (Å²) in [6.45, 7) is 3.78. The van der Waals surface area contributed by atoms with Crippen molar-refractivity contribution in [3.05, 3.63) is 65.7 Å². The summed E-state index contributed by atoms with van der Waals surface area (Å²) >= 11 is 0. The number of hydrogen-bond donors (Lipinski definition) is 0. The summed E-state index contributed by atoms with van der Waals surface area (Å²) in [5.41, 5.74) is 3.48. The minimum absolute atomic E-state index is 0. The number of carbonyl (C=O) groups is 1. The van der Waals surface area contributed by atoms with E-state index in [1.165, 1.54) is 24.1 Å². The summed E-state index contributed by atoms with van der Waals surface area (Å²) < 4.78 is 0. The number of anilines is 1. The second-order valence-electron chi connectivity index (χ2n) is 5.78. The van der Waals surface area contributed by atoms with Crippen LogP contribution in [-0.2, 0) is 0 Å². The van der Waals surface area contributed by atoms with Crippen molar-refractivity contribution in [2.24, 2.45) is 0 Å². The molecular weight excluding hydrogens is 270 g/mol. The third-order valence-corrected chi connectivity index (χ3v) is 4.40. The number of nitrogens with zero attached hydrogens (tertiary/aromatic N) is 1. The van der Waals surface area contributed by atoms with Gasteiger partial charge in [0.05, 0.1) is 0 Å². The van der Waals surface area contributed by atoms with Crippen molar-refractivity contribution in [1.29, 1.82) is 0 Å². The molecule has 0 atom stereocenters. The summed E-state index contributed by atoms with van der Waals surface area (Å²) in [5, 5.41) is 0. The molecule has 22 heavy (non-hydrogen) atoms. The van der Waals surface area contributed by atoms with Crippen molar-refractivity contribution < 1.29 is 4.79 Å². The zero-order valence-electron chi connectivity index (χ0n) is 12.5. The Morgan fingerprint density at radius 2 is 1.55 bits per heavy atom. The van der Waals surface area contributed by atoms with Gasteiger partial charge in [-0.25, -0.2) is 0 Å². The van der Waals surface area contributed by atoms with E-state index in [1.54, 1.807) is 6.92 Å². The average Bonchev–Trinajstić information content (AvgIpc) is 2.56. The lowest BCUT2D eigenvalue weighted by molar-refractivity contribution is 0.101. The lowest BCUT2D eigenvalue weighted by Crippen LogP contribution is -2.32. The number of hydrogen-bond acceptors (Lipinski definition) is 2. The summed E-state index contributed by atoms with van der Waals surface area (Å²) in [4.78, 5) is 13.7. The third kappa shape index (κ3) is 3.56. The van der Waals surface area contributed by atoms with Crippen molar-refractivity contribution in [2.45, 2.75) is 33.1 Å². The molecular formula is C20H25NO. The molecule has 2 nitrogen and oxygen atoms in total. The van der Waals surface area contributed by atoms with Gasteiger partial charge in [0.1, 0.15) is 0 Å². The fourth-order valence-corrected chi connectivity index (χ4v) is 3.10. The molecule has 0 unspecified atom stereocenters. The van der Waals surface area contributed by atoms with E-state index < -0.39 is 0 Å². The zero-order valence-corrected chi connectivity index (χ0v) is 12.5. The van der Waals surface area contributed by atoms with E-state index in [4.69, 9.17) is 0 Å². The lowest BCUT2D eigenvalue weighted by atomic mass is 9.89. The Balaban J connectivity index is 0.00000176. The first-order valence-electron chi connectivity index (χ1n) is 7.65. The van der Waals surface area contributed by atoms with E-state index in [9.17, 15) is 4.79 Å². The van der Waals surface area contributed by atoms with Crippen LogP contribution >= 0.6 is 0 Å². The van der Waals surface area contributed by atoms with Crippen molar-refractivity contribution in [2.75, 3.05) is 18.0 Å². The van der Waals surface area contributed by atoms with Crippen LogP contribution in [0.1, 0.15) is 49.0 Å². The normalized spacial score (nSPS) is 15.2. The molecule has 0 N–H and O–H groups in total. The van der Waals surface area contributed by atoms with Gasteiger partial charge in [-0.15, -0.1) is 0 Å². The van der Waals surface area contributed by atoms with Crippen LogP contribution < -0.4 is 4.90 Å². The summed E-state index contributed by atoms with van der Waals surface area (Å²) in [6.07, 6.45) is 2.39. The first-order chi connectivity index (χ1) is 10.2. The van der Waals surface area contributed by atoms with Crippen molar-refractivity contribution in [3.63, 3.8) is 0 Å². The molecule has 2 aromatic rings. The average molecular weight is 295 g/mol. The Morgan fingerprint density at radius 1 is 0.955 bits per heavy atom. The number of ketones is 1. The van der Waals surface area contributed by atoms with Crippen LogP contribution in [0.15, 0.2) is 54.6 Å². The van der Waals surface area contributed by atoms with Crippen LogP contribution in [0.5, 0.6) is 0 Å². The first-order valence-corrected chi connectivity index (χ1v) is 7.65. The molecule has 1 heterocycles. The van der Waals surface area contributed by atoms with Crippen LogP contribution in [0.3, 0.4) is 0 Å². The SMILES string of the molecule is C.CC(=O)c1ccc(N2CCC(c3ccccc3)CC2)cc1. The highest BCUT2D eigenvalue weighted by atomic mass is 16.1. The van der Waals surface area contributed by atoms with E-state index in [0.717, 1.165) is 18.7 Å². The van der Waals surface area contributed by atoms with E-state index in [0.29, 0.717) is 5.92 Å². The van der Waals surface area contributed by atoms with Crippen LogP contribution in [0.4, 0.5) is 5.69 Å². The molecule has 0 aromatic heterocycles. The number of benzene rings is 2. The molecule has 0 saturated carbocycles. The summed E-state index contributed by atoms with van der Waals surface area (Å²) in [5.74, 6) is 0.809. The molecule has 116 valence electrons. The fraction of sp³-hybridized carbons (Fsp3) is 0.350. The van der Waals surface area contributed by atoms with Gasteiger partial charge in [0.2, 0.25) is 0 Å². The molecule has 1 aliphatic heterocycles. The second kappa shape index (κ2) is 7.26. The van der Waals surface area contributed by atoms with E-state index in [-0.39, 0.29) is 13.2 Å². The lowest BCUT2D eigenvalue weighted by Gasteiger charge is -2.34. The molecule has 1 saturated heterocycles. The van der Waals surface area contributed by atoms with Crippen LogP contribution in [-0.4, -0.2) is 18.9 Å². The van der Waals surface area contributed by atoms with Gasteiger partial charge in [-0.05, 0) is 55.5 Å². The van der Waals surface area contributed by atoms with Gasteiger partial charge < -0.3 is 4.90 Å². The summed E-state index contributed by atoms with van der Waals surface area (Å²) in [6, 6.07) is 18.8. The molecule has 0 aliphatic carbocycles. The Labute approximate surface area is 133 Å². The maximum Gasteiger partial charge on any atom is 0.159 e. The molecule has 0 amide bonds. The maximum atomic E-state index is 11.3. The highest BCUT2D eigenvalue weighted by molar-refractivity contribution is 5.94. The van der Waals surface area contributed by atoms with Crippen LogP contribution in [0.2, 0.25) is 0 Å². The van der Waals surface area contributed by atoms with Gasteiger partial charge in [-0.3, -0.25) is 4.79 Å². The minimum Gasteiger partial charge on any atom is -0.371 e. The third-order valence-electron chi connectivity index (χ3n) is 4.40. The molecule has 0 radical (unpaired) electrons. The minimum atomic E-state index is 0. The molecule has 2 heteroatoms. The molecule has 0 bridgehead atoms. The second-order valence-corrected chi connectivity index (χ2v) is 5.78. The highest BCUT2D eigenvalue weighted by Crippen LogP contribution is 2.30. The predicted molar refractivity (Wildman–Crippen MR) is 93.8 cm³/mol. The predicted octanol–water partition coefficient (Wildman–Crippen LogP) is 4.91. The molecule has 0 spiro atoms. The molecule has 1 fully saturated rings. The number of carbonyl (C=O) groups excluding carboxylic acids is 1. The Bertz CT molecular complexity index is 595. The largest absolute Gasteiger partial charge is 0.371 e. The van der Waals surface area contributed by atoms with Gasteiger partial charge in [-0.2, -0.15) is 0 Å². The number of Topliss-reactive ketones (excluding diaryl/α,β-unsaturated/α-hetero) is 1. The first kappa shape index (κ1) is 16.3. The van der Waals surface area contributed by atoms with Crippen LogP contribution in [0.25, 0.3) is 0 Å². The Hall–Kier alpha value is -2.09. The van der Waals surface area contributed by atoms with Crippen molar-refractivity contribution in [1.82, 2.24) is 0 Å². The van der Waals surface area contributed by atoms with Gasteiger partial charge >= 0.3 is 0 Å². The standard InChI is InChI=1S/C19H21NO.CH4/c1-15(21)16-7-9-19(10-8-16)20-13-11-18(12-14-20)17-5-3-2-4-6-17;/h2-10,18H,11-14H2,1H3;1H4. The zero-order chi connectivity index (χ0) is 14.7. The Kier molecular flexibility index (Phi) is 5.37. The van der Waals surface area contributed by atoms with Gasteiger partial charge in [0.15, 0.2) is 5.78 Å². The number of piperidine rings is 1. The van der Waals surface area contributed by atoms with Gasteiger partial charge in [0.25, 0.3) is 0 Å². The maximum absolute atomic E-state index is 11.3. The smallest absolute Gasteiger partial charge is 0.159 e. The number of rotatable bonds is 3. The fourth-order valence-electron chi connectivity index (χ4n) is 3.10. The van der Waals surface area contributed by atoms with Gasteiger partial charge in [-0.1, -0.05) is 37.8 Å². The summed E-state index contributed by atoms with van der Waals surface area (Å²) in [7, 11) is 0. The molecule has 3 rings (SSSR count). The van der Waals surface area contributed by atoms with Crippen molar-refractivity contribution >= 4 is 11.5 Å².